The average molecular weight is 330 g/mol. The maximum atomic E-state index is 12.3. The van der Waals surface area contributed by atoms with Crippen molar-refractivity contribution in [2.75, 3.05) is 19.6 Å². The first-order valence-electron chi connectivity index (χ1n) is 9.44. The van der Waals surface area contributed by atoms with Gasteiger partial charge in [-0.05, 0) is 49.3 Å². The number of nitrogens with zero attached hydrogens (tertiary/aromatic N) is 2. The number of urea groups is 1. The van der Waals surface area contributed by atoms with Crippen molar-refractivity contribution in [1.29, 1.82) is 0 Å². The topological polar surface area (TPSA) is 57.3 Å². The van der Waals surface area contributed by atoms with Crippen LogP contribution in [-0.4, -0.2) is 41.6 Å². The second-order valence-electron chi connectivity index (χ2n) is 7.25. The van der Waals surface area contributed by atoms with Gasteiger partial charge in [0.15, 0.2) is 0 Å². The van der Waals surface area contributed by atoms with E-state index in [1.807, 2.05) is 12.1 Å². The van der Waals surface area contributed by atoms with Crippen molar-refractivity contribution in [2.45, 2.75) is 57.5 Å². The molecule has 1 aliphatic heterocycles. The molecule has 3 rings (SSSR count). The molecule has 2 fully saturated rings. The molecule has 1 aromatic rings. The summed E-state index contributed by atoms with van der Waals surface area (Å²) in [5.74, 6) is 0.883. The molecule has 0 radical (unpaired) electrons. The Hall–Kier alpha value is -1.62. The Morgan fingerprint density at radius 3 is 2.75 bits per heavy atom. The van der Waals surface area contributed by atoms with E-state index in [2.05, 4.69) is 27.4 Å². The van der Waals surface area contributed by atoms with Gasteiger partial charge in [-0.15, -0.1) is 0 Å². The molecular formula is C19H30N4O. The lowest BCUT2D eigenvalue weighted by atomic mass is 10.1. The predicted octanol–water partition coefficient (Wildman–Crippen LogP) is 3.10. The minimum absolute atomic E-state index is 0.0454. The summed E-state index contributed by atoms with van der Waals surface area (Å²) in [5, 5.41) is 6.26. The number of carbonyl (C=O) groups is 1. The van der Waals surface area contributed by atoms with Crippen molar-refractivity contribution >= 4 is 6.03 Å². The van der Waals surface area contributed by atoms with Crippen molar-refractivity contribution in [2.24, 2.45) is 5.92 Å². The highest BCUT2D eigenvalue weighted by molar-refractivity contribution is 5.74. The van der Waals surface area contributed by atoms with E-state index in [4.69, 9.17) is 0 Å². The van der Waals surface area contributed by atoms with Crippen LogP contribution in [0.25, 0.3) is 0 Å². The lowest BCUT2D eigenvalue weighted by molar-refractivity contribution is 0.230. The van der Waals surface area contributed by atoms with Gasteiger partial charge in [0.1, 0.15) is 0 Å². The van der Waals surface area contributed by atoms with Crippen LogP contribution >= 0.6 is 0 Å². The molecule has 0 unspecified atom stereocenters. The monoisotopic (exact) mass is 330 g/mol. The summed E-state index contributed by atoms with van der Waals surface area (Å²) < 4.78 is 0. The van der Waals surface area contributed by atoms with Crippen molar-refractivity contribution in [3.05, 3.63) is 30.1 Å². The fourth-order valence-corrected chi connectivity index (χ4v) is 4.08. The smallest absolute Gasteiger partial charge is 0.315 e. The third-order valence-corrected chi connectivity index (χ3v) is 5.42. The Kier molecular flexibility index (Phi) is 6.07. The van der Waals surface area contributed by atoms with Gasteiger partial charge in [-0.3, -0.25) is 4.98 Å². The Bertz CT molecular complexity index is 515. The zero-order valence-electron chi connectivity index (χ0n) is 14.7. The summed E-state index contributed by atoms with van der Waals surface area (Å²) in [7, 11) is 0. The van der Waals surface area contributed by atoms with Crippen LogP contribution in [0.1, 0.15) is 57.1 Å². The van der Waals surface area contributed by atoms with E-state index in [9.17, 15) is 4.79 Å². The second-order valence-corrected chi connectivity index (χ2v) is 7.25. The average Bonchev–Trinajstić information content (AvgIpc) is 3.26. The quantitative estimate of drug-likeness (QED) is 0.843. The summed E-state index contributed by atoms with van der Waals surface area (Å²) in [6, 6.07) is 4.21. The summed E-state index contributed by atoms with van der Waals surface area (Å²) in [4.78, 5) is 18.9. The van der Waals surface area contributed by atoms with Crippen molar-refractivity contribution in [3.63, 3.8) is 0 Å². The minimum Gasteiger partial charge on any atom is -0.334 e. The molecule has 2 heterocycles. The molecule has 2 amide bonds. The molecule has 1 aromatic heterocycles. The maximum Gasteiger partial charge on any atom is 0.315 e. The van der Waals surface area contributed by atoms with Crippen molar-refractivity contribution in [1.82, 2.24) is 20.5 Å². The van der Waals surface area contributed by atoms with Crippen LogP contribution in [0.4, 0.5) is 4.79 Å². The number of aromatic nitrogens is 1. The molecule has 1 aliphatic carbocycles. The molecule has 0 bridgehead atoms. The number of hydrogen-bond donors (Lipinski definition) is 2. The number of rotatable bonds is 6. The van der Waals surface area contributed by atoms with E-state index in [-0.39, 0.29) is 18.1 Å². The molecule has 1 saturated carbocycles. The number of pyridine rings is 1. The molecule has 5 nitrogen and oxygen atoms in total. The Morgan fingerprint density at radius 1 is 1.29 bits per heavy atom. The molecule has 2 atom stereocenters. The number of likely N-dealkylation sites (tertiary alicyclic amines) is 1. The zero-order valence-corrected chi connectivity index (χ0v) is 14.7. The van der Waals surface area contributed by atoms with Gasteiger partial charge in [-0.25, -0.2) is 4.79 Å². The second kappa shape index (κ2) is 8.47. The highest BCUT2D eigenvalue weighted by atomic mass is 16.2. The standard InChI is InChI=1S/C19H30N4O/c1-2-18(16-7-10-20-11-8-16)22-19(24)21-17-9-12-23(14-17)13-15-5-3-4-6-15/h7-8,10-11,15,17-18H,2-6,9,12-14H2,1H3,(H2,21,22,24)/t17-,18-/m1/s1. The first-order chi connectivity index (χ1) is 11.7. The van der Waals surface area contributed by atoms with Crippen LogP contribution in [-0.2, 0) is 0 Å². The summed E-state index contributed by atoms with van der Waals surface area (Å²) in [6.07, 6.45) is 11.1. The van der Waals surface area contributed by atoms with Gasteiger partial charge in [0.2, 0.25) is 0 Å². The molecule has 5 heteroatoms. The maximum absolute atomic E-state index is 12.3. The fourth-order valence-electron chi connectivity index (χ4n) is 4.08. The van der Waals surface area contributed by atoms with E-state index >= 15 is 0 Å². The lowest BCUT2D eigenvalue weighted by Crippen LogP contribution is -2.44. The molecule has 1 saturated heterocycles. The number of hydrogen-bond acceptors (Lipinski definition) is 3. The van der Waals surface area contributed by atoms with Gasteiger partial charge < -0.3 is 15.5 Å². The first-order valence-corrected chi connectivity index (χ1v) is 9.44. The fraction of sp³-hybridized carbons (Fsp3) is 0.684. The Morgan fingerprint density at radius 2 is 2.04 bits per heavy atom. The van der Waals surface area contributed by atoms with Crippen LogP contribution in [0.5, 0.6) is 0 Å². The van der Waals surface area contributed by atoms with Gasteiger partial charge in [0.25, 0.3) is 0 Å². The predicted molar refractivity (Wildman–Crippen MR) is 95.7 cm³/mol. The number of amides is 2. The summed E-state index contributed by atoms with van der Waals surface area (Å²) in [5.41, 5.74) is 1.11. The molecule has 2 N–H and O–H groups in total. The third kappa shape index (κ3) is 4.69. The van der Waals surface area contributed by atoms with Crippen LogP contribution in [0.2, 0.25) is 0 Å². The zero-order chi connectivity index (χ0) is 16.8. The highest BCUT2D eigenvalue weighted by Gasteiger charge is 2.27. The Labute approximate surface area is 145 Å². The largest absolute Gasteiger partial charge is 0.334 e. The summed E-state index contributed by atoms with van der Waals surface area (Å²) in [6.45, 7) is 5.41. The van der Waals surface area contributed by atoms with Gasteiger partial charge in [0, 0.05) is 38.1 Å². The van der Waals surface area contributed by atoms with E-state index in [1.54, 1.807) is 12.4 Å². The third-order valence-electron chi connectivity index (χ3n) is 5.42. The van der Waals surface area contributed by atoms with Crippen LogP contribution in [0.3, 0.4) is 0 Å². The molecule has 132 valence electrons. The van der Waals surface area contributed by atoms with Crippen molar-refractivity contribution < 1.29 is 4.79 Å². The van der Waals surface area contributed by atoms with E-state index in [0.717, 1.165) is 37.4 Å². The highest BCUT2D eigenvalue weighted by Crippen LogP contribution is 2.26. The molecule has 24 heavy (non-hydrogen) atoms. The SMILES string of the molecule is CC[C@@H](NC(=O)N[C@@H]1CCN(CC2CCCC2)C1)c1ccncc1. The molecule has 0 spiro atoms. The van der Waals surface area contributed by atoms with Crippen LogP contribution < -0.4 is 10.6 Å². The number of carbonyl (C=O) groups excluding carboxylic acids is 1. The molecular weight excluding hydrogens is 300 g/mol. The molecule has 2 aliphatic rings. The van der Waals surface area contributed by atoms with Gasteiger partial charge in [-0.2, -0.15) is 0 Å². The van der Waals surface area contributed by atoms with E-state index in [0.29, 0.717) is 0 Å². The summed E-state index contributed by atoms with van der Waals surface area (Å²) >= 11 is 0. The molecule has 0 aromatic carbocycles. The minimum atomic E-state index is -0.0496. The van der Waals surface area contributed by atoms with Crippen LogP contribution in [0, 0.1) is 5.92 Å². The van der Waals surface area contributed by atoms with E-state index in [1.165, 1.54) is 32.2 Å². The number of nitrogens with one attached hydrogen (secondary N) is 2. The Balaban J connectivity index is 1.43. The van der Waals surface area contributed by atoms with E-state index < -0.39 is 0 Å². The normalized spacial score (nSPS) is 23.3. The first kappa shape index (κ1) is 17.2. The van der Waals surface area contributed by atoms with Crippen LogP contribution in [0.15, 0.2) is 24.5 Å². The lowest BCUT2D eigenvalue weighted by Gasteiger charge is -2.22. The van der Waals surface area contributed by atoms with Gasteiger partial charge >= 0.3 is 6.03 Å². The van der Waals surface area contributed by atoms with Gasteiger partial charge in [-0.1, -0.05) is 19.8 Å². The van der Waals surface area contributed by atoms with Crippen molar-refractivity contribution in [3.8, 4) is 0 Å². The van der Waals surface area contributed by atoms with Gasteiger partial charge in [0.05, 0.1) is 6.04 Å².